The van der Waals surface area contributed by atoms with E-state index in [9.17, 15) is 5.11 Å². The molecule has 3 rings (SSSR count). The van der Waals surface area contributed by atoms with Gasteiger partial charge in [0.2, 0.25) is 0 Å². The van der Waals surface area contributed by atoms with Gasteiger partial charge < -0.3 is 10.0 Å². The van der Waals surface area contributed by atoms with Crippen molar-refractivity contribution < 1.29 is 5.11 Å². The van der Waals surface area contributed by atoms with Crippen LogP contribution in [0.2, 0.25) is 0 Å². The van der Waals surface area contributed by atoms with Crippen LogP contribution in [0.3, 0.4) is 0 Å². The molecule has 3 heterocycles. The molecule has 0 amide bonds. The molecule has 0 aromatic carbocycles. The molecule has 1 aliphatic heterocycles. The Labute approximate surface area is 110 Å². The van der Waals surface area contributed by atoms with Crippen LogP contribution in [-0.4, -0.2) is 34.3 Å². The number of nitrogens with zero attached hydrogens (tertiary/aromatic N) is 3. The van der Waals surface area contributed by atoms with E-state index in [1.807, 2.05) is 6.92 Å². The number of thiophene rings is 1. The summed E-state index contributed by atoms with van der Waals surface area (Å²) in [6, 6.07) is 0. The van der Waals surface area contributed by atoms with Crippen molar-refractivity contribution in [2.45, 2.75) is 26.4 Å². The Hall–Kier alpha value is -1.20. The Kier molecular flexibility index (Phi) is 2.95. The van der Waals surface area contributed by atoms with Crippen LogP contribution in [0.5, 0.6) is 0 Å². The van der Waals surface area contributed by atoms with Gasteiger partial charge in [0.15, 0.2) is 0 Å². The first-order valence-corrected chi connectivity index (χ1v) is 7.16. The van der Waals surface area contributed by atoms with E-state index in [2.05, 4.69) is 27.2 Å². The van der Waals surface area contributed by atoms with E-state index in [1.54, 1.807) is 17.7 Å². The number of aromatic nitrogens is 2. The smallest absolute Gasteiger partial charge is 0.150 e. The molecule has 96 valence electrons. The molecule has 2 aromatic heterocycles. The summed E-state index contributed by atoms with van der Waals surface area (Å²) in [4.78, 5) is 11.1. The lowest BCUT2D eigenvalue weighted by Crippen LogP contribution is -2.24. The van der Waals surface area contributed by atoms with E-state index in [-0.39, 0.29) is 6.10 Å². The lowest BCUT2D eigenvalue weighted by atomic mass is 10.0. The molecule has 2 unspecified atom stereocenters. The quantitative estimate of drug-likeness (QED) is 0.902. The van der Waals surface area contributed by atoms with Crippen LogP contribution in [0, 0.1) is 12.8 Å². The van der Waals surface area contributed by atoms with Gasteiger partial charge in [0, 0.05) is 19.0 Å². The van der Waals surface area contributed by atoms with Crippen molar-refractivity contribution in [1.82, 2.24) is 9.97 Å². The monoisotopic (exact) mass is 263 g/mol. The van der Waals surface area contributed by atoms with Crippen molar-refractivity contribution in [1.29, 1.82) is 0 Å². The number of rotatable bonds is 2. The molecule has 1 N–H and O–H groups in total. The van der Waals surface area contributed by atoms with Gasteiger partial charge in [0.05, 0.1) is 16.3 Å². The van der Waals surface area contributed by atoms with Gasteiger partial charge in [-0.15, -0.1) is 11.3 Å². The largest absolute Gasteiger partial charge is 0.393 e. The fourth-order valence-electron chi connectivity index (χ4n) is 2.56. The summed E-state index contributed by atoms with van der Waals surface area (Å²) in [6.07, 6.45) is 2.44. The van der Waals surface area contributed by atoms with E-state index in [0.29, 0.717) is 5.92 Å². The fraction of sp³-hybridized carbons (Fsp3) is 0.538. The van der Waals surface area contributed by atoms with Gasteiger partial charge in [-0.25, -0.2) is 9.97 Å². The van der Waals surface area contributed by atoms with Gasteiger partial charge in [0.1, 0.15) is 12.1 Å². The number of hydrogen-bond acceptors (Lipinski definition) is 5. The summed E-state index contributed by atoms with van der Waals surface area (Å²) >= 11 is 1.71. The standard InChI is InChI=1S/C13H17N3OS/c1-8-6-18-12-11(8)14-7-15-13(12)16-4-3-10(5-16)9(2)17/h6-7,9-10,17H,3-5H2,1-2H3. The average molecular weight is 263 g/mol. The van der Waals surface area contributed by atoms with Crippen molar-refractivity contribution in [2.24, 2.45) is 5.92 Å². The van der Waals surface area contributed by atoms with Crippen LogP contribution < -0.4 is 4.90 Å². The second-order valence-corrected chi connectivity index (χ2v) is 5.91. The number of aliphatic hydroxyl groups excluding tert-OH is 1. The van der Waals surface area contributed by atoms with Crippen LogP contribution in [-0.2, 0) is 0 Å². The molecule has 0 radical (unpaired) electrons. The van der Waals surface area contributed by atoms with Gasteiger partial charge in [0.25, 0.3) is 0 Å². The first kappa shape index (κ1) is 11.9. The van der Waals surface area contributed by atoms with Crippen molar-refractivity contribution in [3.05, 3.63) is 17.3 Å². The maximum atomic E-state index is 9.68. The summed E-state index contributed by atoms with van der Waals surface area (Å²) < 4.78 is 1.17. The Bertz CT molecular complexity index is 566. The average Bonchev–Trinajstić information content (AvgIpc) is 2.97. The van der Waals surface area contributed by atoms with Gasteiger partial charge in [-0.3, -0.25) is 0 Å². The normalized spacial score (nSPS) is 21.7. The Morgan fingerprint density at radius 3 is 3.06 bits per heavy atom. The van der Waals surface area contributed by atoms with E-state index in [0.717, 1.165) is 30.8 Å². The molecule has 0 saturated carbocycles. The molecule has 2 atom stereocenters. The predicted molar refractivity (Wildman–Crippen MR) is 74.2 cm³/mol. The zero-order valence-corrected chi connectivity index (χ0v) is 11.4. The van der Waals surface area contributed by atoms with Crippen molar-refractivity contribution in [2.75, 3.05) is 18.0 Å². The van der Waals surface area contributed by atoms with Gasteiger partial charge >= 0.3 is 0 Å². The Morgan fingerprint density at radius 2 is 2.33 bits per heavy atom. The van der Waals surface area contributed by atoms with Crippen molar-refractivity contribution in [3.8, 4) is 0 Å². The SMILES string of the molecule is Cc1csc2c(N3CCC(C(C)O)C3)ncnc12. The summed E-state index contributed by atoms with van der Waals surface area (Å²) in [5, 5.41) is 11.8. The summed E-state index contributed by atoms with van der Waals surface area (Å²) in [5.41, 5.74) is 2.27. The zero-order chi connectivity index (χ0) is 12.7. The number of anilines is 1. The molecule has 1 fully saturated rings. The third-order valence-electron chi connectivity index (χ3n) is 3.72. The van der Waals surface area contributed by atoms with E-state index in [4.69, 9.17) is 0 Å². The van der Waals surface area contributed by atoms with E-state index < -0.39 is 0 Å². The molecular weight excluding hydrogens is 246 g/mol. The van der Waals surface area contributed by atoms with E-state index >= 15 is 0 Å². The fourth-order valence-corrected chi connectivity index (χ4v) is 3.57. The lowest BCUT2D eigenvalue weighted by molar-refractivity contribution is 0.136. The number of fused-ring (bicyclic) bond motifs is 1. The molecular formula is C13H17N3OS. The zero-order valence-electron chi connectivity index (χ0n) is 10.6. The molecule has 0 bridgehead atoms. The minimum Gasteiger partial charge on any atom is -0.393 e. The van der Waals surface area contributed by atoms with Crippen LogP contribution in [0.4, 0.5) is 5.82 Å². The lowest BCUT2D eigenvalue weighted by Gasteiger charge is -2.18. The number of aliphatic hydroxyl groups is 1. The van der Waals surface area contributed by atoms with Crippen molar-refractivity contribution >= 4 is 27.4 Å². The van der Waals surface area contributed by atoms with Gasteiger partial charge in [-0.1, -0.05) is 0 Å². The highest BCUT2D eigenvalue weighted by Crippen LogP contribution is 2.33. The minimum atomic E-state index is -0.239. The van der Waals surface area contributed by atoms with Gasteiger partial charge in [-0.2, -0.15) is 0 Å². The Morgan fingerprint density at radius 1 is 1.50 bits per heavy atom. The molecule has 5 heteroatoms. The van der Waals surface area contributed by atoms with Crippen molar-refractivity contribution in [3.63, 3.8) is 0 Å². The van der Waals surface area contributed by atoms with Gasteiger partial charge in [-0.05, 0) is 31.2 Å². The molecule has 0 aliphatic carbocycles. The highest BCUT2D eigenvalue weighted by atomic mass is 32.1. The number of hydrogen-bond donors (Lipinski definition) is 1. The number of aryl methyl sites for hydroxylation is 1. The third kappa shape index (κ3) is 1.87. The Balaban J connectivity index is 1.96. The maximum Gasteiger partial charge on any atom is 0.150 e. The van der Waals surface area contributed by atoms with Crippen LogP contribution in [0.25, 0.3) is 10.2 Å². The van der Waals surface area contributed by atoms with Crippen LogP contribution in [0.15, 0.2) is 11.7 Å². The molecule has 1 aliphatic rings. The minimum absolute atomic E-state index is 0.239. The first-order valence-electron chi connectivity index (χ1n) is 6.28. The highest BCUT2D eigenvalue weighted by Gasteiger charge is 2.28. The molecule has 4 nitrogen and oxygen atoms in total. The second kappa shape index (κ2) is 4.48. The summed E-state index contributed by atoms with van der Waals surface area (Å²) in [6.45, 7) is 5.82. The van der Waals surface area contributed by atoms with Crippen LogP contribution >= 0.6 is 11.3 Å². The predicted octanol–water partition coefficient (Wildman–Crippen LogP) is 2.21. The van der Waals surface area contributed by atoms with E-state index in [1.165, 1.54) is 10.3 Å². The summed E-state index contributed by atoms with van der Waals surface area (Å²) in [5.74, 6) is 1.39. The first-order chi connectivity index (χ1) is 8.66. The maximum absolute atomic E-state index is 9.68. The molecule has 0 spiro atoms. The molecule has 1 saturated heterocycles. The third-order valence-corrected chi connectivity index (χ3v) is 4.80. The van der Waals surface area contributed by atoms with Crippen LogP contribution in [0.1, 0.15) is 18.9 Å². The molecule has 18 heavy (non-hydrogen) atoms. The highest BCUT2D eigenvalue weighted by molar-refractivity contribution is 7.18. The molecule has 2 aromatic rings. The summed E-state index contributed by atoms with van der Waals surface area (Å²) in [7, 11) is 0. The topological polar surface area (TPSA) is 49.2 Å². The second-order valence-electron chi connectivity index (χ2n) is 5.03.